The van der Waals surface area contributed by atoms with Gasteiger partial charge in [0.1, 0.15) is 6.61 Å². The van der Waals surface area contributed by atoms with Crippen LogP contribution in [0, 0.1) is 0 Å². The van der Waals surface area contributed by atoms with Crippen molar-refractivity contribution < 1.29 is 23.7 Å². The van der Waals surface area contributed by atoms with Crippen molar-refractivity contribution in [1.82, 2.24) is 10.6 Å². The zero-order valence-corrected chi connectivity index (χ0v) is 15.6. The Hall–Kier alpha value is -0.730. The molecule has 0 radical (unpaired) electrons. The van der Waals surface area contributed by atoms with Crippen LogP contribution >= 0.6 is 0 Å². The summed E-state index contributed by atoms with van der Waals surface area (Å²) in [6, 6.07) is 0. The summed E-state index contributed by atoms with van der Waals surface area (Å²) in [5.74, 6) is -0.0856. The first-order valence-corrected chi connectivity index (χ1v) is 8.99. The molecule has 0 unspecified atom stereocenters. The second kappa shape index (κ2) is 18.6. The van der Waals surface area contributed by atoms with E-state index in [0.717, 1.165) is 32.5 Å². The smallest absolute Gasteiger partial charge is 0.246 e. The molecule has 1 amide bonds. The molecule has 2 N–H and O–H groups in total. The largest absolute Gasteiger partial charge is 0.379 e. The summed E-state index contributed by atoms with van der Waals surface area (Å²) in [6.45, 7) is 12.3. The Kier molecular flexibility index (Phi) is 18.0. The number of hydrogen-bond donors (Lipinski definition) is 2. The third-order valence-corrected chi connectivity index (χ3v) is 2.97. The summed E-state index contributed by atoms with van der Waals surface area (Å²) in [6.07, 6.45) is 1.88. The Morgan fingerprint density at radius 2 is 1.42 bits per heavy atom. The zero-order valence-electron chi connectivity index (χ0n) is 15.6. The third kappa shape index (κ3) is 19.3. The lowest BCUT2D eigenvalue weighted by Crippen LogP contribution is -2.30. The molecule has 0 fully saturated rings. The van der Waals surface area contributed by atoms with E-state index in [0.29, 0.717) is 39.6 Å². The van der Waals surface area contributed by atoms with Crippen LogP contribution in [-0.2, 0) is 23.7 Å². The minimum absolute atomic E-state index is 0.0718. The van der Waals surface area contributed by atoms with Gasteiger partial charge < -0.3 is 29.6 Å². The lowest BCUT2D eigenvalue weighted by molar-refractivity contribution is -0.127. The SMILES string of the molecule is CCNCCCOCCOCCOCCCNC(=O)COC(C)C. The van der Waals surface area contributed by atoms with Crippen molar-refractivity contribution in [3.63, 3.8) is 0 Å². The molecule has 0 aliphatic heterocycles. The topological polar surface area (TPSA) is 78.0 Å². The van der Waals surface area contributed by atoms with Crippen LogP contribution in [0.5, 0.6) is 0 Å². The van der Waals surface area contributed by atoms with E-state index in [1.807, 2.05) is 13.8 Å². The molecule has 144 valence electrons. The number of carbonyl (C=O) groups is 1. The summed E-state index contributed by atoms with van der Waals surface area (Å²) >= 11 is 0. The van der Waals surface area contributed by atoms with E-state index in [1.165, 1.54) is 0 Å². The normalized spacial score (nSPS) is 11.2. The van der Waals surface area contributed by atoms with Crippen molar-refractivity contribution >= 4 is 5.91 Å². The number of hydrogen-bond acceptors (Lipinski definition) is 6. The van der Waals surface area contributed by atoms with Gasteiger partial charge in [0.15, 0.2) is 0 Å². The van der Waals surface area contributed by atoms with Crippen LogP contribution in [0.3, 0.4) is 0 Å². The molecule has 0 saturated carbocycles. The second-order valence-corrected chi connectivity index (χ2v) is 5.61. The van der Waals surface area contributed by atoms with Crippen LogP contribution in [0.1, 0.15) is 33.6 Å². The fourth-order valence-corrected chi connectivity index (χ4v) is 1.71. The molecule has 0 spiro atoms. The van der Waals surface area contributed by atoms with E-state index in [9.17, 15) is 4.79 Å². The predicted molar refractivity (Wildman–Crippen MR) is 94.3 cm³/mol. The molecule has 0 bridgehead atoms. The molecule has 0 rings (SSSR count). The van der Waals surface area contributed by atoms with Crippen LogP contribution in [0.15, 0.2) is 0 Å². The number of ether oxygens (including phenoxy) is 4. The van der Waals surface area contributed by atoms with Crippen molar-refractivity contribution in [3.8, 4) is 0 Å². The first kappa shape index (κ1) is 23.3. The van der Waals surface area contributed by atoms with E-state index in [4.69, 9.17) is 18.9 Å². The molecule has 0 aliphatic rings. The van der Waals surface area contributed by atoms with Crippen molar-refractivity contribution in [3.05, 3.63) is 0 Å². The van der Waals surface area contributed by atoms with Crippen molar-refractivity contribution in [2.75, 3.05) is 65.9 Å². The van der Waals surface area contributed by atoms with Gasteiger partial charge >= 0.3 is 0 Å². The molecule has 0 aromatic carbocycles. The van der Waals surface area contributed by atoms with Gasteiger partial charge in [0, 0.05) is 19.8 Å². The van der Waals surface area contributed by atoms with Gasteiger partial charge in [0.25, 0.3) is 0 Å². The Bertz CT molecular complexity index is 278. The van der Waals surface area contributed by atoms with Gasteiger partial charge in [-0.3, -0.25) is 4.79 Å². The minimum Gasteiger partial charge on any atom is -0.379 e. The molecule has 0 atom stereocenters. The zero-order chi connectivity index (χ0) is 17.9. The van der Waals surface area contributed by atoms with Gasteiger partial charge in [-0.25, -0.2) is 0 Å². The van der Waals surface area contributed by atoms with Crippen molar-refractivity contribution in [2.45, 2.75) is 39.7 Å². The molecule has 0 heterocycles. The van der Waals surface area contributed by atoms with E-state index in [2.05, 4.69) is 17.6 Å². The molecular formula is C17H36N2O5. The monoisotopic (exact) mass is 348 g/mol. The number of rotatable bonds is 18. The summed E-state index contributed by atoms with van der Waals surface area (Å²) in [5.41, 5.74) is 0. The lowest BCUT2D eigenvalue weighted by Gasteiger charge is -2.09. The fourth-order valence-electron chi connectivity index (χ4n) is 1.71. The maximum atomic E-state index is 11.4. The van der Waals surface area contributed by atoms with E-state index in [-0.39, 0.29) is 18.6 Å². The summed E-state index contributed by atoms with van der Waals surface area (Å²) in [7, 11) is 0. The number of carbonyl (C=O) groups excluding carboxylic acids is 1. The molecule has 0 saturated heterocycles. The van der Waals surface area contributed by atoms with Crippen LogP contribution in [-0.4, -0.2) is 77.9 Å². The average Bonchev–Trinajstić information content (AvgIpc) is 2.56. The molecule has 7 nitrogen and oxygen atoms in total. The van der Waals surface area contributed by atoms with Crippen molar-refractivity contribution in [1.29, 1.82) is 0 Å². The van der Waals surface area contributed by atoms with E-state index in [1.54, 1.807) is 0 Å². The number of amides is 1. The maximum Gasteiger partial charge on any atom is 0.246 e. The molecule has 24 heavy (non-hydrogen) atoms. The van der Waals surface area contributed by atoms with Gasteiger partial charge in [-0.2, -0.15) is 0 Å². The van der Waals surface area contributed by atoms with Gasteiger partial charge in [-0.15, -0.1) is 0 Å². The highest BCUT2D eigenvalue weighted by atomic mass is 16.5. The van der Waals surface area contributed by atoms with Gasteiger partial charge in [0.05, 0.1) is 32.5 Å². The average molecular weight is 348 g/mol. The van der Waals surface area contributed by atoms with Crippen LogP contribution in [0.4, 0.5) is 0 Å². The fraction of sp³-hybridized carbons (Fsp3) is 0.941. The Morgan fingerprint density at radius 3 is 1.96 bits per heavy atom. The highest BCUT2D eigenvalue weighted by Gasteiger charge is 2.02. The first-order chi connectivity index (χ1) is 11.7. The summed E-state index contributed by atoms with van der Waals surface area (Å²) in [4.78, 5) is 11.4. The Labute approximate surface area is 146 Å². The van der Waals surface area contributed by atoms with Crippen LogP contribution in [0.25, 0.3) is 0 Å². The maximum absolute atomic E-state index is 11.4. The summed E-state index contributed by atoms with van der Waals surface area (Å²) in [5, 5.41) is 6.03. The Balaban J connectivity index is 3.08. The molecule has 0 aromatic heterocycles. The number of nitrogens with one attached hydrogen (secondary N) is 2. The minimum atomic E-state index is -0.0856. The van der Waals surface area contributed by atoms with Crippen LogP contribution < -0.4 is 10.6 Å². The second-order valence-electron chi connectivity index (χ2n) is 5.61. The van der Waals surface area contributed by atoms with Gasteiger partial charge in [0.2, 0.25) is 5.91 Å². The third-order valence-electron chi connectivity index (χ3n) is 2.97. The highest BCUT2D eigenvalue weighted by molar-refractivity contribution is 5.77. The molecular weight excluding hydrogens is 312 g/mol. The van der Waals surface area contributed by atoms with Gasteiger partial charge in [-0.05, 0) is 39.8 Å². The predicted octanol–water partition coefficient (Wildman–Crippen LogP) is 0.967. The van der Waals surface area contributed by atoms with Gasteiger partial charge in [-0.1, -0.05) is 6.92 Å². The highest BCUT2D eigenvalue weighted by Crippen LogP contribution is 1.88. The molecule has 0 aromatic rings. The summed E-state index contributed by atoms with van der Waals surface area (Å²) < 4.78 is 21.5. The van der Waals surface area contributed by atoms with Crippen molar-refractivity contribution in [2.24, 2.45) is 0 Å². The van der Waals surface area contributed by atoms with E-state index >= 15 is 0 Å². The molecule has 7 heteroatoms. The first-order valence-electron chi connectivity index (χ1n) is 8.99. The standard InChI is InChI=1S/C17H36N2O5/c1-4-18-7-5-9-21-11-13-23-14-12-22-10-6-8-19-17(20)15-24-16(2)3/h16,18H,4-15H2,1-3H3,(H,19,20). The Morgan fingerprint density at radius 1 is 0.875 bits per heavy atom. The van der Waals surface area contributed by atoms with Crippen LogP contribution in [0.2, 0.25) is 0 Å². The van der Waals surface area contributed by atoms with E-state index < -0.39 is 0 Å². The molecule has 0 aliphatic carbocycles. The quantitative estimate of drug-likeness (QED) is 0.359. The lowest BCUT2D eigenvalue weighted by atomic mass is 10.4.